The van der Waals surface area contributed by atoms with Gasteiger partial charge in [0.2, 0.25) is 0 Å². The highest BCUT2D eigenvalue weighted by atomic mass is 35.5. The molecule has 1 aromatic rings. The summed E-state index contributed by atoms with van der Waals surface area (Å²) in [5, 5.41) is 15.5. The van der Waals surface area contributed by atoms with Crippen molar-refractivity contribution in [2.45, 2.75) is 18.9 Å². The molecule has 0 saturated carbocycles. The van der Waals surface area contributed by atoms with E-state index in [1.54, 1.807) is 0 Å². The second kappa shape index (κ2) is 9.58. The Hall–Kier alpha value is -1.30. The zero-order chi connectivity index (χ0) is 14.8. The van der Waals surface area contributed by atoms with Gasteiger partial charge in [-0.3, -0.25) is 0 Å². The maximum absolute atomic E-state index is 11.5. The molecule has 0 aromatic heterocycles. The van der Waals surface area contributed by atoms with Crippen molar-refractivity contribution in [1.82, 2.24) is 10.6 Å². The third kappa shape index (κ3) is 7.33. The first-order chi connectivity index (χ1) is 9.61. The van der Waals surface area contributed by atoms with Crippen molar-refractivity contribution in [2.24, 2.45) is 0 Å². The van der Waals surface area contributed by atoms with Gasteiger partial charge in [-0.15, -0.1) is 0 Å². The van der Waals surface area contributed by atoms with E-state index >= 15 is 0 Å². The van der Waals surface area contributed by atoms with E-state index in [1.165, 1.54) is 7.11 Å². The molecule has 112 valence electrons. The Bertz CT molecular complexity index is 398. The standard InChI is InChI=1S/C14H21ClN2O3/c1-20-10-13(18)7-9-17-14(19)16-8-6-11-2-4-12(15)5-3-11/h2-5,13,18H,6-10H2,1H3,(H2,16,17,19). The molecule has 0 aliphatic heterocycles. The first-order valence-electron chi connectivity index (χ1n) is 6.55. The minimum absolute atomic E-state index is 0.233. The molecule has 5 nitrogen and oxygen atoms in total. The SMILES string of the molecule is COCC(O)CCNC(=O)NCCc1ccc(Cl)cc1. The Morgan fingerprint density at radius 3 is 2.60 bits per heavy atom. The zero-order valence-corrected chi connectivity index (χ0v) is 12.3. The number of carbonyl (C=O) groups is 1. The van der Waals surface area contributed by atoms with Crippen LogP contribution in [0.1, 0.15) is 12.0 Å². The quantitative estimate of drug-likeness (QED) is 0.682. The van der Waals surface area contributed by atoms with Crippen LogP contribution in [0, 0.1) is 0 Å². The van der Waals surface area contributed by atoms with Crippen molar-refractivity contribution in [2.75, 3.05) is 26.8 Å². The van der Waals surface area contributed by atoms with E-state index in [1.807, 2.05) is 24.3 Å². The van der Waals surface area contributed by atoms with E-state index in [0.717, 1.165) is 12.0 Å². The van der Waals surface area contributed by atoms with Crippen LogP contribution in [0.2, 0.25) is 5.02 Å². The van der Waals surface area contributed by atoms with E-state index in [-0.39, 0.29) is 12.6 Å². The number of ether oxygens (including phenoxy) is 1. The maximum atomic E-state index is 11.5. The van der Waals surface area contributed by atoms with Crippen LogP contribution in [0.4, 0.5) is 4.79 Å². The Balaban J connectivity index is 2.09. The van der Waals surface area contributed by atoms with Crippen LogP contribution in [0.3, 0.4) is 0 Å². The number of amides is 2. The second-order valence-corrected chi connectivity index (χ2v) is 4.89. The highest BCUT2D eigenvalue weighted by molar-refractivity contribution is 6.30. The summed E-state index contributed by atoms with van der Waals surface area (Å²) in [5.74, 6) is 0. The molecule has 1 unspecified atom stereocenters. The van der Waals surface area contributed by atoms with E-state index in [0.29, 0.717) is 24.5 Å². The maximum Gasteiger partial charge on any atom is 0.314 e. The number of hydrogen-bond acceptors (Lipinski definition) is 3. The Morgan fingerprint density at radius 2 is 1.95 bits per heavy atom. The van der Waals surface area contributed by atoms with E-state index in [9.17, 15) is 9.90 Å². The van der Waals surface area contributed by atoms with Crippen LogP contribution < -0.4 is 10.6 Å². The van der Waals surface area contributed by atoms with Gasteiger partial charge in [-0.25, -0.2) is 4.79 Å². The van der Waals surface area contributed by atoms with Crippen LogP contribution in [0.25, 0.3) is 0 Å². The van der Waals surface area contributed by atoms with Gasteiger partial charge >= 0.3 is 6.03 Å². The number of urea groups is 1. The molecule has 20 heavy (non-hydrogen) atoms. The molecule has 0 saturated heterocycles. The second-order valence-electron chi connectivity index (χ2n) is 4.46. The molecule has 0 spiro atoms. The molecule has 2 amide bonds. The van der Waals surface area contributed by atoms with Crippen LogP contribution in [0.15, 0.2) is 24.3 Å². The number of rotatable bonds is 8. The van der Waals surface area contributed by atoms with Crippen molar-refractivity contribution in [1.29, 1.82) is 0 Å². The van der Waals surface area contributed by atoms with E-state index in [2.05, 4.69) is 10.6 Å². The van der Waals surface area contributed by atoms with Gasteiger partial charge in [-0.05, 0) is 30.5 Å². The highest BCUT2D eigenvalue weighted by Gasteiger charge is 2.04. The summed E-state index contributed by atoms with van der Waals surface area (Å²) in [5.41, 5.74) is 1.12. The Labute approximate surface area is 124 Å². The molecule has 6 heteroatoms. The van der Waals surface area contributed by atoms with Gasteiger partial charge in [0.25, 0.3) is 0 Å². The fourth-order valence-electron chi connectivity index (χ4n) is 1.66. The lowest BCUT2D eigenvalue weighted by atomic mass is 10.1. The zero-order valence-electron chi connectivity index (χ0n) is 11.6. The minimum atomic E-state index is -0.547. The largest absolute Gasteiger partial charge is 0.391 e. The van der Waals surface area contributed by atoms with Crippen LogP contribution >= 0.6 is 11.6 Å². The van der Waals surface area contributed by atoms with Gasteiger partial charge in [0.05, 0.1) is 12.7 Å². The molecule has 3 N–H and O–H groups in total. The Kier molecular flexibility index (Phi) is 8.02. The van der Waals surface area contributed by atoms with Crippen LogP contribution in [-0.4, -0.2) is 44.0 Å². The molecule has 0 heterocycles. The van der Waals surface area contributed by atoms with Crippen molar-refractivity contribution < 1.29 is 14.6 Å². The fourth-order valence-corrected chi connectivity index (χ4v) is 1.79. The molecule has 1 atom stereocenters. The number of benzene rings is 1. The highest BCUT2D eigenvalue weighted by Crippen LogP contribution is 2.09. The average molecular weight is 301 g/mol. The molecular formula is C14H21ClN2O3. The summed E-state index contributed by atoms with van der Waals surface area (Å²) < 4.78 is 4.80. The van der Waals surface area contributed by atoms with Crippen molar-refractivity contribution >= 4 is 17.6 Å². The first kappa shape index (κ1) is 16.8. The van der Waals surface area contributed by atoms with Crippen molar-refractivity contribution in [3.63, 3.8) is 0 Å². The number of aliphatic hydroxyl groups excluding tert-OH is 1. The predicted molar refractivity (Wildman–Crippen MR) is 79.1 cm³/mol. The van der Waals surface area contributed by atoms with E-state index < -0.39 is 6.10 Å². The normalized spacial score (nSPS) is 11.9. The molecule has 1 rings (SSSR count). The number of nitrogens with one attached hydrogen (secondary N) is 2. The predicted octanol–water partition coefficient (Wildman–Crippen LogP) is 1.58. The summed E-state index contributed by atoms with van der Waals surface area (Å²) in [6.45, 7) is 1.24. The summed E-state index contributed by atoms with van der Waals surface area (Å²) in [6.07, 6.45) is 0.671. The Morgan fingerprint density at radius 1 is 1.30 bits per heavy atom. The number of aliphatic hydroxyl groups is 1. The monoisotopic (exact) mass is 300 g/mol. The molecule has 0 aliphatic rings. The van der Waals surface area contributed by atoms with Crippen LogP contribution in [0.5, 0.6) is 0 Å². The van der Waals surface area contributed by atoms with Gasteiger partial charge in [-0.2, -0.15) is 0 Å². The van der Waals surface area contributed by atoms with Gasteiger partial charge in [0.15, 0.2) is 0 Å². The lowest BCUT2D eigenvalue weighted by molar-refractivity contribution is 0.0599. The number of carbonyl (C=O) groups excluding carboxylic acids is 1. The number of methoxy groups -OCH3 is 1. The van der Waals surface area contributed by atoms with Crippen molar-refractivity contribution in [3.05, 3.63) is 34.9 Å². The fraction of sp³-hybridized carbons (Fsp3) is 0.500. The lowest BCUT2D eigenvalue weighted by Crippen LogP contribution is -2.38. The molecule has 0 aliphatic carbocycles. The van der Waals surface area contributed by atoms with Crippen molar-refractivity contribution in [3.8, 4) is 0 Å². The topological polar surface area (TPSA) is 70.6 Å². The van der Waals surface area contributed by atoms with Gasteiger partial charge in [-0.1, -0.05) is 23.7 Å². The number of hydrogen-bond donors (Lipinski definition) is 3. The van der Waals surface area contributed by atoms with Gasteiger partial charge in [0.1, 0.15) is 0 Å². The molecule has 0 fully saturated rings. The molecule has 0 bridgehead atoms. The average Bonchev–Trinajstić information content (AvgIpc) is 2.41. The molecule has 1 aromatic carbocycles. The minimum Gasteiger partial charge on any atom is -0.391 e. The number of halogens is 1. The van der Waals surface area contributed by atoms with Gasteiger partial charge in [0, 0.05) is 25.2 Å². The third-order valence-electron chi connectivity index (χ3n) is 2.73. The first-order valence-corrected chi connectivity index (χ1v) is 6.92. The molecule has 0 radical (unpaired) electrons. The summed E-state index contributed by atoms with van der Waals surface area (Å²) in [7, 11) is 1.53. The summed E-state index contributed by atoms with van der Waals surface area (Å²) in [4.78, 5) is 11.5. The van der Waals surface area contributed by atoms with Crippen LogP contribution in [-0.2, 0) is 11.2 Å². The molecular weight excluding hydrogens is 280 g/mol. The van der Waals surface area contributed by atoms with E-state index in [4.69, 9.17) is 16.3 Å². The summed E-state index contributed by atoms with van der Waals surface area (Å²) in [6, 6.07) is 7.29. The summed E-state index contributed by atoms with van der Waals surface area (Å²) >= 11 is 5.79. The third-order valence-corrected chi connectivity index (χ3v) is 2.99. The lowest BCUT2D eigenvalue weighted by Gasteiger charge is -2.11. The van der Waals surface area contributed by atoms with Gasteiger partial charge < -0.3 is 20.5 Å². The smallest absolute Gasteiger partial charge is 0.314 e.